The summed E-state index contributed by atoms with van der Waals surface area (Å²) in [5.41, 5.74) is 1.06. The van der Waals surface area contributed by atoms with Crippen LogP contribution in [0.5, 0.6) is 0 Å². The van der Waals surface area contributed by atoms with E-state index in [0.717, 1.165) is 15.7 Å². The van der Waals surface area contributed by atoms with E-state index in [2.05, 4.69) is 18.0 Å². The molecular formula is C13H14FNS. The Bertz CT molecular complexity index is 530. The molecule has 1 atom stereocenters. The number of hydrogen-bond donors (Lipinski definition) is 1. The number of halogens is 1. The number of likely N-dealkylation sites (N-methyl/N-ethyl adjacent to an activating group) is 1. The van der Waals surface area contributed by atoms with Crippen LogP contribution in [-0.4, -0.2) is 7.05 Å². The lowest BCUT2D eigenvalue weighted by atomic mass is 10.1. The van der Waals surface area contributed by atoms with Crippen LogP contribution in [0.4, 0.5) is 4.39 Å². The molecule has 0 amide bonds. The van der Waals surface area contributed by atoms with E-state index in [1.54, 1.807) is 17.4 Å². The Kier molecular flexibility index (Phi) is 3.08. The summed E-state index contributed by atoms with van der Waals surface area (Å²) in [6, 6.07) is 7.13. The van der Waals surface area contributed by atoms with Gasteiger partial charge in [-0.2, -0.15) is 0 Å². The second-order valence-corrected chi connectivity index (χ2v) is 5.01. The van der Waals surface area contributed by atoms with Crippen molar-refractivity contribution in [1.82, 2.24) is 5.32 Å². The molecule has 1 N–H and O–H groups in total. The molecule has 0 aliphatic rings. The van der Waals surface area contributed by atoms with Gasteiger partial charge in [0.15, 0.2) is 0 Å². The van der Waals surface area contributed by atoms with Crippen LogP contribution in [0, 0.1) is 5.82 Å². The van der Waals surface area contributed by atoms with Gasteiger partial charge in [-0.25, -0.2) is 4.39 Å². The van der Waals surface area contributed by atoms with Crippen molar-refractivity contribution in [2.45, 2.75) is 13.0 Å². The molecule has 2 rings (SSSR count). The molecule has 1 aromatic carbocycles. The first-order chi connectivity index (χ1) is 7.61. The van der Waals surface area contributed by atoms with E-state index in [0.29, 0.717) is 0 Å². The largest absolute Gasteiger partial charge is 0.309 e. The maximum atomic E-state index is 13.1. The van der Waals surface area contributed by atoms with Crippen molar-refractivity contribution in [3.8, 4) is 0 Å². The van der Waals surface area contributed by atoms with E-state index >= 15 is 0 Å². The molecule has 1 nitrogen and oxygen atoms in total. The molecule has 0 aliphatic heterocycles. The van der Waals surface area contributed by atoms with E-state index in [1.807, 2.05) is 20.0 Å². The Morgan fingerprint density at radius 2 is 2.19 bits per heavy atom. The third-order valence-corrected chi connectivity index (χ3v) is 3.73. The molecule has 0 fully saturated rings. The number of hydrogen-bond acceptors (Lipinski definition) is 2. The fourth-order valence-corrected chi connectivity index (χ4v) is 3.09. The Hall–Kier alpha value is -1.19. The highest BCUT2D eigenvalue weighted by Gasteiger charge is 2.13. The Morgan fingerprint density at radius 3 is 2.81 bits per heavy atom. The number of fused-ring (bicyclic) bond motifs is 1. The number of thiophene rings is 1. The maximum absolute atomic E-state index is 13.1. The highest BCUT2D eigenvalue weighted by Crippen LogP contribution is 2.32. The van der Waals surface area contributed by atoms with Gasteiger partial charge < -0.3 is 5.32 Å². The standard InChI is InChI=1S/C13H14FNS/c1-8(2)13(15-3)12-6-9-4-5-10(14)7-11(9)16-12/h4-7,13,15H,1H2,2-3H3. The van der Waals surface area contributed by atoms with Crippen molar-refractivity contribution in [1.29, 1.82) is 0 Å². The average Bonchev–Trinajstić information content (AvgIpc) is 2.60. The van der Waals surface area contributed by atoms with Crippen LogP contribution in [0.15, 0.2) is 36.4 Å². The predicted octanol–water partition coefficient (Wildman–Crippen LogP) is 3.88. The second-order valence-electron chi connectivity index (χ2n) is 3.90. The zero-order chi connectivity index (χ0) is 11.7. The summed E-state index contributed by atoms with van der Waals surface area (Å²) in [5.74, 6) is -0.183. The smallest absolute Gasteiger partial charge is 0.124 e. The molecule has 0 spiro atoms. The highest BCUT2D eigenvalue weighted by atomic mass is 32.1. The highest BCUT2D eigenvalue weighted by molar-refractivity contribution is 7.19. The zero-order valence-corrected chi connectivity index (χ0v) is 10.2. The van der Waals surface area contributed by atoms with Gasteiger partial charge in [-0.3, -0.25) is 0 Å². The lowest BCUT2D eigenvalue weighted by Crippen LogP contribution is -2.15. The summed E-state index contributed by atoms with van der Waals surface area (Å²) in [6.45, 7) is 5.95. The van der Waals surface area contributed by atoms with E-state index in [1.165, 1.54) is 10.9 Å². The second kappa shape index (κ2) is 4.36. The van der Waals surface area contributed by atoms with Crippen LogP contribution in [0.2, 0.25) is 0 Å². The van der Waals surface area contributed by atoms with Crippen molar-refractivity contribution in [3.05, 3.63) is 47.1 Å². The van der Waals surface area contributed by atoms with Crippen LogP contribution in [0.1, 0.15) is 17.8 Å². The van der Waals surface area contributed by atoms with Gasteiger partial charge in [0.25, 0.3) is 0 Å². The van der Waals surface area contributed by atoms with Gasteiger partial charge in [0, 0.05) is 9.58 Å². The molecule has 1 unspecified atom stereocenters. The molecule has 0 saturated carbocycles. The quantitative estimate of drug-likeness (QED) is 0.796. The molecule has 0 radical (unpaired) electrons. The third-order valence-electron chi connectivity index (χ3n) is 2.57. The van der Waals surface area contributed by atoms with E-state index in [4.69, 9.17) is 0 Å². The minimum absolute atomic E-state index is 0.153. The van der Waals surface area contributed by atoms with Crippen molar-refractivity contribution in [2.24, 2.45) is 0 Å². The number of benzene rings is 1. The minimum atomic E-state index is -0.183. The summed E-state index contributed by atoms with van der Waals surface area (Å²) in [5, 5.41) is 4.30. The summed E-state index contributed by atoms with van der Waals surface area (Å²) in [4.78, 5) is 1.18. The minimum Gasteiger partial charge on any atom is -0.309 e. The normalized spacial score (nSPS) is 12.9. The Labute approximate surface area is 98.6 Å². The van der Waals surface area contributed by atoms with Gasteiger partial charge in [0.2, 0.25) is 0 Å². The first-order valence-corrected chi connectivity index (χ1v) is 5.95. The number of rotatable bonds is 3. The topological polar surface area (TPSA) is 12.0 Å². The third kappa shape index (κ3) is 2.01. The monoisotopic (exact) mass is 235 g/mol. The molecule has 0 aliphatic carbocycles. The molecule has 0 saturated heterocycles. The van der Waals surface area contributed by atoms with Gasteiger partial charge in [0.1, 0.15) is 5.82 Å². The van der Waals surface area contributed by atoms with Crippen LogP contribution in [0.25, 0.3) is 10.1 Å². The molecule has 3 heteroatoms. The van der Waals surface area contributed by atoms with Crippen LogP contribution < -0.4 is 5.32 Å². The molecule has 84 valence electrons. The van der Waals surface area contributed by atoms with Crippen molar-refractivity contribution in [3.63, 3.8) is 0 Å². The molecule has 2 aromatic rings. The molecule has 0 bridgehead atoms. The van der Waals surface area contributed by atoms with Crippen molar-refractivity contribution < 1.29 is 4.39 Å². The average molecular weight is 235 g/mol. The van der Waals surface area contributed by atoms with E-state index < -0.39 is 0 Å². The molecule has 1 aromatic heterocycles. The van der Waals surface area contributed by atoms with Gasteiger partial charge in [-0.05, 0) is 37.6 Å². The molecule has 1 heterocycles. The first kappa shape index (κ1) is 11.3. The van der Waals surface area contributed by atoms with Gasteiger partial charge in [0.05, 0.1) is 6.04 Å². The van der Waals surface area contributed by atoms with E-state index in [9.17, 15) is 4.39 Å². The predicted molar refractivity (Wildman–Crippen MR) is 68.4 cm³/mol. The van der Waals surface area contributed by atoms with Gasteiger partial charge in [-0.15, -0.1) is 11.3 Å². The molecular weight excluding hydrogens is 221 g/mol. The summed E-state index contributed by atoms with van der Waals surface area (Å²) >= 11 is 1.61. The van der Waals surface area contributed by atoms with Crippen molar-refractivity contribution in [2.75, 3.05) is 7.05 Å². The lowest BCUT2D eigenvalue weighted by Gasteiger charge is -2.13. The first-order valence-electron chi connectivity index (χ1n) is 5.13. The summed E-state index contributed by atoms with van der Waals surface area (Å²) in [6.07, 6.45) is 0. The lowest BCUT2D eigenvalue weighted by molar-refractivity contribution is 0.630. The number of nitrogens with one attached hydrogen (secondary N) is 1. The fraction of sp³-hybridized carbons (Fsp3) is 0.231. The molecule has 16 heavy (non-hydrogen) atoms. The van der Waals surface area contributed by atoms with Crippen molar-refractivity contribution >= 4 is 21.4 Å². The maximum Gasteiger partial charge on any atom is 0.124 e. The van der Waals surface area contributed by atoms with Crippen LogP contribution in [0.3, 0.4) is 0 Å². The Morgan fingerprint density at radius 1 is 1.44 bits per heavy atom. The van der Waals surface area contributed by atoms with E-state index in [-0.39, 0.29) is 11.9 Å². The van der Waals surface area contributed by atoms with Crippen LogP contribution >= 0.6 is 11.3 Å². The fourth-order valence-electron chi connectivity index (χ4n) is 1.80. The summed E-state index contributed by atoms with van der Waals surface area (Å²) < 4.78 is 14.0. The SMILES string of the molecule is C=C(C)C(NC)c1cc2ccc(F)cc2s1. The van der Waals surface area contributed by atoms with Gasteiger partial charge >= 0.3 is 0 Å². The Balaban J connectivity index is 2.49. The zero-order valence-electron chi connectivity index (χ0n) is 9.38. The van der Waals surface area contributed by atoms with Crippen LogP contribution in [-0.2, 0) is 0 Å². The van der Waals surface area contributed by atoms with Gasteiger partial charge in [-0.1, -0.05) is 18.2 Å². The summed E-state index contributed by atoms with van der Waals surface area (Å²) in [7, 11) is 1.91.